The quantitative estimate of drug-likeness (QED) is 0.637. The van der Waals surface area contributed by atoms with Crippen LogP contribution in [0.15, 0.2) is 60.7 Å². The number of piperazine rings is 1. The summed E-state index contributed by atoms with van der Waals surface area (Å²) >= 11 is 0. The lowest BCUT2D eigenvalue weighted by atomic mass is 10.1. The third kappa shape index (κ3) is 6.70. The van der Waals surface area contributed by atoms with Gasteiger partial charge in [0.1, 0.15) is 19.8 Å². The lowest BCUT2D eigenvalue weighted by Gasteiger charge is -2.32. The van der Waals surface area contributed by atoms with Crippen molar-refractivity contribution in [3.63, 3.8) is 0 Å². The number of rotatable bonds is 9. The zero-order valence-electron chi connectivity index (χ0n) is 16.8. The van der Waals surface area contributed by atoms with Gasteiger partial charge >= 0.3 is 11.9 Å². The summed E-state index contributed by atoms with van der Waals surface area (Å²) in [4.78, 5) is 38.2. The van der Waals surface area contributed by atoms with Crippen LogP contribution in [-0.4, -0.2) is 48.4 Å². The summed E-state index contributed by atoms with van der Waals surface area (Å²) in [7, 11) is 0. The molecule has 0 aromatic heterocycles. The van der Waals surface area contributed by atoms with E-state index in [1.807, 2.05) is 60.7 Å². The molecule has 7 nitrogen and oxygen atoms in total. The second kappa shape index (κ2) is 11.1. The molecule has 1 fully saturated rings. The number of carbonyl (C=O) groups is 3. The highest BCUT2D eigenvalue weighted by Crippen LogP contribution is 2.10. The second-order valence-corrected chi connectivity index (χ2v) is 7.10. The van der Waals surface area contributed by atoms with Gasteiger partial charge in [-0.2, -0.15) is 0 Å². The number of amides is 1. The van der Waals surface area contributed by atoms with Crippen LogP contribution >= 0.6 is 0 Å². The Morgan fingerprint density at radius 2 is 1.47 bits per heavy atom. The maximum atomic E-state index is 12.6. The van der Waals surface area contributed by atoms with Gasteiger partial charge in [0, 0.05) is 19.5 Å². The normalized spacial score (nSPS) is 16.2. The van der Waals surface area contributed by atoms with Crippen LogP contribution in [0.1, 0.15) is 24.0 Å². The zero-order valence-corrected chi connectivity index (χ0v) is 16.8. The number of ether oxygens (including phenoxy) is 2. The SMILES string of the molecule is O=C(CCC1NCCN(CC(=O)OCc2ccccc2)C1=O)OCc1ccccc1. The molecule has 1 aliphatic heterocycles. The summed E-state index contributed by atoms with van der Waals surface area (Å²) < 4.78 is 10.5. The minimum Gasteiger partial charge on any atom is -0.461 e. The molecule has 7 heteroatoms. The van der Waals surface area contributed by atoms with Gasteiger partial charge in [-0.3, -0.25) is 14.4 Å². The second-order valence-electron chi connectivity index (χ2n) is 7.10. The maximum Gasteiger partial charge on any atom is 0.325 e. The average molecular weight is 410 g/mol. The number of carbonyl (C=O) groups excluding carboxylic acids is 3. The molecule has 0 saturated carbocycles. The van der Waals surface area contributed by atoms with Crippen LogP contribution in [0.2, 0.25) is 0 Å². The third-order valence-corrected chi connectivity index (χ3v) is 4.82. The van der Waals surface area contributed by atoms with E-state index in [0.29, 0.717) is 19.5 Å². The smallest absolute Gasteiger partial charge is 0.325 e. The summed E-state index contributed by atoms with van der Waals surface area (Å²) in [6.45, 7) is 1.28. The van der Waals surface area contributed by atoms with Crippen molar-refractivity contribution in [2.45, 2.75) is 32.1 Å². The monoisotopic (exact) mass is 410 g/mol. The molecule has 1 saturated heterocycles. The van der Waals surface area contributed by atoms with Crippen molar-refractivity contribution >= 4 is 17.8 Å². The Bertz CT molecular complexity index is 841. The van der Waals surface area contributed by atoms with Gasteiger partial charge in [0.2, 0.25) is 5.91 Å². The number of nitrogens with one attached hydrogen (secondary N) is 1. The van der Waals surface area contributed by atoms with E-state index in [1.54, 1.807) is 0 Å². The average Bonchev–Trinajstić information content (AvgIpc) is 2.78. The van der Waals surface area contributed by atoms with E-state index in [1.165, 1.54) is 4.90 Å². The van der Waals surface area contributed by atoms with Crippen LogP contribution in [-0.2, 0) is 37.1 Å². The van der Waals surface area contributed by atoms with Crippen LogP contribution in [0.4, 0.5) is 0 Å². The van der Waals surface area contributed by atoms with Gasteiger partial charge in [-0.25, -0.2) is 0 Å². The molecule has 0 aliphatic carbocycles. The van der Waals surface area contributed by atoms with Gasteiger partial charge in [-0.1, -0.05) is 60.7 Å². The predicted octanol–water partition coefficient (Wildman–Crippen LogP) is 2.05. The van der Waals surface area contributed by atoms with Crippen molar-refractivity contribution in [1.82, 2.24) is 10.2 Å². The highest BCUT2D eigenvalue weighted by Gasteiger charge is 2.30. The van der Waals surface area contributed by atoms with E-state index < -0.39 is 12.0 Å². The van der Waals surface area contributed by atoms with Gasteiger partial charge in [0.15, 0.2) is 0 Å². The highest BCUT2D eigenvalue weighted by molar-refractivity contribution is 5.87. The molecule has 1 heterocycles. The van der Waals surface area contributed by atoms with Gasteiger partial charge in [-0.15, -0.1) is 0 Å². The van der Waals surface area contributed by atoms with Crippen molar-refractivity contribution in [3.05, 3.63) is 71.8 Å². The zero-order chi connectivity index (χ0) is 21.2. The summed E-state index contributed by atoms with van der Waals surface area (Å²) in [5, 5.41) is 3.11. The summed E-state index contributed by atoms with van der Waals surface area (Å²) in [6, 6.07) is 18.3. The Morgan fingerprint density at radius 3 is 2.07 bits per heavy atom. The minimum absolute atomic E-state index is 0.0949. The van der Waals surface area contributed by atoms with E-state index in [0.717, 1.165) is 11.1 Å². The molecule has 1 aliphatic rings. The molecule has 2 aromatic rings. The number of hydrogen-bond donors (Lipinski definition) is 1. The van der Waals surface area contributed by atoms with Crippen molar-refractivity contribution in [2.75, 3.05) is 19.6 Å². The van der Waals surface area contributed by atoms with Crippen LogP contribution in [0.25, 0.3) is 0 Å². The first-order valence-corrected chi connectivity index (χ1v) is 10.0. The Hall–Kier alpha value is -3.19. The molecule has 0 radical (unpaired) electrons. The van der Waals surface area contributed by atoms with Crippen LogP contribution in [0, 0.1) is 0 Å². The van der Waals surface area contributed by atoms with Gasteiger partial charge in [0.25, 0.3) is 0 Å². The molecule has 0 spiro atoms. The molecular formula is C23H26N2O5. The van der Waals surface area contributed by atoms with Gasteiger partial charge < -0.3 is 19.7 Å². The van der Waals surface area contributed by atoms with Gasteiger partial charge in [0.05, 0.1) is 6.04 Å². The first-order valence-electron chi connectivity index (χ1n) is 10.0. The molecule has 158 valence electrons. The Labute approximate surface area is 176 Å². The van der Waals surface area contributed by atoms with Crippen molar-refractivity contribution in [3.8, 4) is 0 Å². The maximum absolute atomic E-state index is 12.6. The van der Waals surface area contributed by atoms with Crippen molar-refractivity contribution in [1.29, 1.82) is 0 Å². The Balaban J connectivity index is 1.39. The van der Waals surface area contributed by atoms with Crippen molar-refractivity contribution < 1.29 is 23.9 Å². The summed E-state index contributed by atoms with van der Waals surface area (Å²) in [6.07, 6.45) is 0.449. The number of hydrogen-bond acceptors (Lipinski definition) is 6. The Kier molecular flexibility index (Phi) is 7.97. The molecule has 3 rings (SSSR count). The van der Waals surface area contributed by atoms with E-state index in [9.17, 15) is 14.4 Å². The third-order valence-electron chi connectivity index (χ3n) is 4.82. The minimum atomic E-state index is -0.509. The fraction of sp³-hybridized carbons (Fsp3) is 0.348. The molecule has 1 amide bonds. The standard InChI is InChI=1S/C23H26N2O5/c26-21(29-16-18-7-3-1-4-8-18)12-11-20-23(28)25(14-13-24-20)15-22(27)30-17-19-9-5-2-6-10-19/h1-10,20,24H,11-17H2. The fourth-order valence-corrected chi connectivity index (χ4v) is 3.19. The predicted molar refractivity (Wildman–Crippen MR) is 110 cm³/mol. The van der Waals surface area contributed by atoms with E-state index in [2.05, 4.69) is 5.32 Å². The van der Waals surface area contributed by atoms with Crippen molar-refractivity contribution in [2.24, 2.45) is 0 Å². The summed E-state index contributed by atoms with van der Waals surface area (Å²) in [5.74, 6) is -1.00. The van der Waals surface area contributed by atoms with Gasteiger partial charge in [-0.05, 0) is 17.5 Å². The largest absolute Gasteiger partial charge is 0.461 e. The molecule has 1 N–H and O–H groups in total. The molecule has 1 atom stereocenters. The first kappa shape index (κ1) is 21.5. The van der Waals surface area contributed by atoms with Crippen LogP contribution in [0.3, 0.4) is 0 Å². The Morgan fingerprint density at radius 1 is 0.900 bits per heavy atom. The van der Waals surface area contributed by atoms with E-state index >= 15 is 0 Å². The fourth-order valence-electron chi connectivity index (χ4n) is 3.19. The van der Waals surface area contributed by atoms with Crippen LogP contribution in [0.5, 0.6) is 0 Å². The van der Waals surface area contributed by atoms with E-state index in [4.69, 9.17) is 9.47 Å². The number of benzene rings is 2. The molecule has 2 aromatic carbocycles. The molecule has 1 unspecified atom stereocenters. The lowest BCUT2D eigenvalue weighted by molar-refractivity contribution is -0.152. The van der Waals surface area contributed by atoms with E-state index in [-0.39, 0.29) is 38.1 Å². The summed E-state index contributed by atoms with van der Waals surface area (Å²) in [5.41, 5.74) is 1.81. The number of esters is 2. The molecule has 30 heavy (non-hydrogen) atoms. The first-order chi connectivity index (χ1) is 14.6. The highest BCUT2D eigenvalue weighted by atomic mass is 16.5. The number of nitrogens with zero attached hydrogens (tertiary/aromatic N) is 1. The topological polar surface area (TPSA) is 84.9 Å². The molecule has 0 bridgehead atoms. The lowest BCUT2D eigenvalue weighted by Crippen LogP contribution is -2.56. The molecular weight excluding hydrogens is 384 g/mol. The van der Waals surface area contributed by atoms with Crippen LogP contribution < -0.4 is 5.32 Å².